The largest absolute Gasteiger partial charge is 0.301 e. The van der Waals surface area contributed by atoms with Crippen molar-refractivity contribution in [3.63, 3.8) is 0 Å². The van der Waals surface area contributed by atoms with Crippen molar-refractivity contribution in [2.45, 2.75) is 25.8 Å². The van der Waals surface area contributed by atoms with Gasteiger partial charge in [-0.1, -0.05) is 30.3 Å². The van der Waals surface area contributed by atoms with Gasteiger partial charge in [0.15, 0.2) is 0 Å². The number of carbonyl (C=O) groups excluding carboxylic acids is 1. The molecular formula is C16H21NO. The van der Waals surface area contributed by atoms with Crippen LogP contribution in [-0.4, -0.2) is 24.3 Å². The average molecular weight is 243 g/mol. The van der Waals surface area contributed by atoms with Gasteiger partial charge in [0.1, 0.15) is 5.78 Å². The monoisotopic (exact) mass is 243 g/mol. The fourth-order valence-electron chi connectivity index (χ4n) is 3.71. The number of nitrogens with zero attached hydrogens (tertiary/aromatic N) is 1. The van der Waals surface area contributed by atoms with Crippen LogP contribution in [0.1, 0.15) is 24.8 Å². The molecule has 2 fully saturated rings. The predicted molar refractivity (Wildman–Crippen MR) is 72.1 cm³/mol. The van der Waals surface area contributed by atoms with E-state index < -0.39 is 0 Å². The zero-order valence-electron chi connectivity index (χ0n) is 11.0. The van der Waals surface area contributed by atoms with Crippen LogP contribution in [0, 0.1) is 17.8 Å². The van der Waals surface area contributed by atoms with Gasteiger partial charge in [-0.15, -0.1) is 0 Å². The summed E-state index contributed by atoms with van der Waals surface area (Å²) in [4.78, 5) is 14.4. The summed E-state index contributed by atoms with van der Waals surface area (Å²) in [5.41, 5.74) is 1.33. The van der Waals surface area contributed by atoms with Gasteiger partial charge in [-0.3, -0.25) is 4.79 Å². The Balaban J connectivity index is 1.58. The van der Waals surface area contributed by atoms with Crippen LogP contribution in [0.5, 0.6) is 0 Å². The number of hydrogen-bond donors (Lipinski definition) is 0. The Labute approximate surface area is 109 Å². The molecular weight excluding hydrogens is 222 g/mol. The first kappa shape index (κ1) is 11.9. The van der Waals surface area contributed by atoms with Gasteiger partial charge < -0.3 is 4.90 Å². The summed E-state index contributed by atoms with van der Waals surface area (Å²) in [5.74, 6) is 1.95. The Morgan fingerprint density at radius 1 is 1.22 bits per heavy atom. The highest BCUT2D eigenvalue weighted by Crippen LogP contribution is 2.46. The first-order chi connectivity index (χ1) is 8.74. The highest BCUT2D eigenvalue weighted by atomic mass is 16.1. The van der Waals surface area contributed by atoms with Crippen LogP contribution in [0.4, 0.5) is 0 Å². The molecule has 0 radical (unpaired) electrons. The Kier molecular flexibility index (Phi) is 3.21. The van der Waals surface area contributed by atoms with Crippen molar-refractivity contribution in [1.82, 2.24) is 4.90 Å². The van der Waals surface area contributed by atoms with Crippen molar-refractivity contribution in [2.24, 2.45) is 17.8 Å². The third-order valence-electron chi connectivity index (χ3n) is 4.61. The van der Waals surface area contributed by atoms with E-state index in [1.54, 1.807) is 0 Å². The topological polar surface area (TPSA) is 20.3 Å². The quantitative estimate of drug-likeness (QED) is 0.810. The van der Waals surface area contributed by atoms with E-state index in [1.807, 2.05) is 6.07 Å². The second kappa shape index (κ2) is 4.85. The molecule has 3 rings (SSSR count). The van der Waals surface area contributed by atoms with Crippen LogP contribution < -0.4 is 0 Å². The zero-order chi connectivity index (χ0) is 12.5. The maximum absolute atomic E-state index is 12.1. The summed E-state index contributed by atoms with van der Waals surface area (Å²) in [6.07, 6.45) is 3.60. The van der Waals surface area contributed by atoms with Crippen molar-refractivity contribution in [1.29, 1.82) is 0 Å². The van der Waals surface area contributed by atoms with Crippen molar-refractivity contribution in [3.05, 3.63) is 35.9 Å². The average Bonchev–Trinajstić information content (AvgIpc) is 2.94. The maximum Gasteiger partial charge on any atom is 0.140 e. The molecule has 2 aliphatic rings. The van der Waals surface area contributed by atoms with E-state index in [-0.39, 0.29) is 0 Å². The number of ketones is 1. The van der Waals surface area contributed by atoms with Crippen LogP contribution in [0.25, 0.3) is 0 Å². The third-order valence-corrected chi connectivity index (χ3v) is 4.61. The second-order valence-corrected chi connectivity index (χ2v) is 5.96. The number of carbonyl (C=O) groups is 1. The lowest BCUT2D eigenvalue weighted by Crippen LogP contribution is -2.33. The van der Waals surface area contributed by atoms with Crippen molar-refractivity contribution in [2.75, 3.05) is 13.6 Å². The fourth-order valence-corrected chi connectivity index (χ4v) is 3.71. The van der Waals surface area contributed by atoms with Gasteiger partial charge in [-0.25, -0.2) is 0 Å². The van der Waals surface area contributed by atoms with E-state index in [0.717, 1.165) is 19.5 Å². The van der Waals surface area contributed by atoms with Gasteiger partial charge >= 0.3 is 0 Å². The smallest absolute Gasteiger partial charge is 0.140 e. The molecule has 2 heteroatoms. The molecule has 0 saturated heterocycles. The van der Waals surface area contributed by atoms with Gasteiger partial charge in [-0.2, -0.15) is 0 Å². The van der Waals surface area contributed by atoms with Crippen molar-refractivity contribution < 1.29 is 4.79 Å². The summed E-state index contributed by atoms with van der Waals surface area (Å²) in [6.45, 7) is 1.89. The maximum atomic E-state index is 12.1. The van der Waals surface area contributed by atoms with E-state index in [4.69, 9.17) is 0 Å². The molecule has 0 aliphatic heterocycles. The van der Waals surface area contributed by atoms with E-state index in [1.165, 1.54) is 18.4 Å². The molecule has 1 aromatic carbocycles. The Bertz CT molecular complexity index is 428. The van der Waals surface area contributed by atoms with Crippen LogP contribution >= 0.6 is 0 Å². The molecule has 0 N–H and O–H groups in total. The minimum Gasteiger partial charge on any atom is -0.301 e. The summed E-state index contributed by atoms with van der Waals surface area (Å²) < 4.78 is 0. The molecule has 2 nitrogen and oxygen atoms in total. The summed E-state index contributed by atoms with van der Waals surface area (Å²) in [6, 6.07) is 10.5. The molecule has 2 saturated carbocycles. The normalized spacial score (nSPS) is 30.3. The minimum absolute atomic E-state index is 0.317. The number of fused-ring (bicyclic) bond motifs is 2. The standard InChI is InChI=1S/C16H21NO/c1-17(10-12-5-3-2-4-6-12)11-15-13-7-8-14(9-13)16(15)18/h2-6,13-15H,7-11H2,1H3. The van der Waals surface area contributed by atoms with Gasteiger partial charge in [0.25, 0.3) is 0 Å². The Hall–Kier alpha value is -1.15. The molecule has 2 bridgehead atoms. The van der Waals surface area contributed by atoms with Crippen LogP contribution in [0.15, 0.2) is 30.3 Å². The first-order valence-electron chi connectivity index (χ1n) is 7.00. The molecule has 1 aromatic rings. The molecule has 96 valence electrons. The number of rotatable bonds is 4. The van der Waals surface area contributed by atoms with Crippen molar-refractivity contribution >= 4 is 5.78 Å². The number of Topliss-reactive ketones (excluding diaryl/α,β-unsaturated/α-hetero) is 1. The van der Waals surface area contributed by atoms with Gasteiger partial charge in [-0.05, 0) is 37.8 Å². The summed E-state index contributed by atoms with van der Waals surface area (Å²) in [7, 11) is 2.13. The summed E-state index contributed by atoms with van der Waals surface area (Å²) >= 11 is 0. The molecule has 18 heavy (non-hydrogen) atoms. The van der Waals surface area contributed by atoms with E-state index in [2.05, 4.69) is 36.2 Å². The van der Waals surface area contributed by atoms with Crippen LogP contribution in [-0.2, 0) is 11.3 Å². The number of hydrogen-bond acceptors (Lipinski definition) is 2. The minimum atomic E-state index is 0.317. The second-order valence-electron chi connectivity index (χ2n) is 5.96. The SMILES string of the molecule is CN(Cc1ccccc1)CC1C(=O)C2CCC1C2. The molecule has 0 spiro atoms. The van der Waals surface area contributed by atoms with Gasteiger partial charge in [0.05, 0.1) is 0 Å². The fraction of sp³-hybridized carbons (Fsp3) is 0.562. The molecule has 0 amide bonds. The lowest BCUT2D eigenvalue weighted by molar-refractivity contribution is -0.126. The van der Waals surface area contributed by atoms with E-state index in [0.29, 0.717) is 23.5 Å². The lowest BCUT2D eigenvalue weighted by atomic mass is 9.87. The Morgan fingerprint density at radius 3 is 2.67 bits per heavy atom. The van der Waals surface area contributed by atoms with Crippen LogP contribution in [0.2, 0.25) is 0 Å². The highest BCUT2D eigenvalue weighted by Gasteiger charge is 2.46. The summed E-state index contributed by atoms with van der Waals surface area (Å²) in [5, 5.41) is 0. The predicted octanol–water partition coefficient (Wildman–Crippen LogP) is 2.73. The number of benzene rings is 1. The molecule has 2 aliphatic carbocycles. The van der Waals surface area contributed by atoms with Gasteiger partial charge in [0, 0.05) is 24.9 Å². The molecule has 3 unspecified atom stereocenters. The van der Waals surface area contributed by atoms with E-state index >= 15 is 0 Å². The van der Waals surface area contributed by atoms with E-state index in [9.17, 15) is 4.79 Å². The first-order valence-corrected chi connectivity index (χ1v) is 7.00. The zero-order valence-corrected chi connectivity index (χ0v) is 11.0. The van der Waals surface area contributed by atoms with Crippen LogP contribution in [0.3, 0.4) is 0 Å². The van der Waals surface area contributed by atoms with Crippen molar-refractivity contribution in [3.8, 4) is 0 Å². The highest BCUT2D eigenvalue weighted by molar-refractivity contribution is 5.87. The van der Waals surface area contributed by atoms with Gasteiger partial charge in [0.2, 0.25) is 0 Å². The lowest BCUT2D eigenvalue weighted by Gasteiger charge is -2.26. The Morgan fingerprint density at radius 2 is 2.00 bits per heavy atom. The third kappa shape index (κ3) is 2.22. The molecule has 0 aromatic heterocycles. The molecule has 3 atom stereocenters. The molecule has 0 heterocycles.